The first kappa shape index (κ1) is 18.6. The molecule has 0 spiro atoms. The molecule has 144 valence electrons. The molecule has 2 N–H and O–H groups in total. The van der Waals surface area contributed by atoms with Gasteiger partial charge in [0.1, 0.15) is 6.33 Å². The van der Waals surface area contributed by atoms with E-state index < -0.39 is 5.97 Å². The first-order valence-electron chi connectivity index (χ1n) is 8.50. The van der Waals surface area contributed by atoms with Gasteiger partial charge in [0.05, 0.1) is 17.0 Å². The lowest BCUT2D eigenvalue weighted by Crippen LogP contribution is -2.05. The minimum absolute atomic E-state index is 0.0342. The third-order valence-corrected chi connectivity index (χ3v) is 4.88. The first-order valence-corrected chi connectivity index (χ1v) is 9.32. The molecule has 1 amide bonds. The van der Waals surface area contributed by atoms with E-state index in [2.05, 4.69) is 25.8 Å². The smallest absolute Gasteiger partial charge is 0.307 e. The van der Waals surface area contributed by atoms with Gasteiger partial charge >= 0.3 is 5.97 Å². The summed E-state index contributed by atoms with van der Waals surface area (Å²) in [5.74, 6) is -1.20. The second kappa shape index (κ2) is 8.07. The Labute approximate surface area is 169 Å². The van der Waals surface area contributed by atoms with Gasteiger partial charge in [-0.25, -0.2) is 4.68 Å². The van der Waals surface area contributed by atoms with Gasteiger partial charge in [0.25, 0.3) is 5.91 Å². The highest BCUT2D eigenvalue weighted by Crippen LogP contribution is 2.29. The van der Waals surface area contributed by atoms with Crippen LogP contribution in [0.1, 0.15) is 11.1 Å². The summed E-state index contributed by atoms with van der Waals surface area (Å²) in [6.45, 7) is 0. The number of amides is 1. The molecule has 4 rings (SSSR count). The van der Waals surface area contributed by atoms with Gasteiger partial charge < -0.3 is 10.4 Å². The second-order valence-corrected chi connectivity index (χ2v) is 7.10. The quantitative estimate of drug-likeness (QED) is 0.619. The molecule has 0 aliphatic carbocycles. The van der Waals surface area contributed by atoms with Crippen LogP contribution in [0.2, 0.25) is 0 Å². The Morgan fingerprint density at radius 2 is 1.90 bits per heavy atom. The number of rotatable bonds is 5. The van der Waals surface area contributed by atoms with Crippen molar-refractivity contribution in [3.63, 3.8) is 0 Å². The minimum Gasteiger partial charge on any atom is -0.481 e. The fourth-order valence-electron chi connectivity index (χ4n) is 2.62. The van der Waals surface area contributed by atoms with E-state index in [0.717, 1.165) is 16.9 Å². The zero-order valence-corrected chi connectivity index (χ0v) is 15.7. The number of anilines is 1. The van der Waals surface area contributed by atoms with Gasteiger partial charge in [0.2, 0.25) is 0 Å². The number of amidine groups is 1. The average molecular weight is 406 g/mol. The third-order valence-electron chi connectivity index (χ3n) is 3.99. The van der Waals surface area contributed by atoms with Gasteiger partial charge in [0.15, 0.2) is 5.17 Å². The SMILES string of the molecule is O=C(O)Cc1ccc(NC2=NC(=O)/C(=C/c3ccc(-n4cnnn4)cc3)S2)cc1. The van der Waals surface area contributed by atoms with Crippen molar-refractivity contribution in [1.82, 2.24) is 20.2 Å². The predicted octanol–water partition coefficient (Wildman–Crippen LogP) is 2.37. The summed E-state index contributed by atoms with van der Waals surface area (Å²) in [5.41, 5.74) is 3.09. The largest absolute Gasteiger partial charge is 0.481 e. The number of hydrogen-bond donors (Lipinski definition) is 2. The van der Waals surface area contributed by atoms with E-state index in [1.807, 2.05) is 24.3 Å². The van der Waals surface area contributed by atoms with Crippen molar-refractivity contribution in [2.24, 2.45) is 4.99 Å². The molecule has 10 heteroatoms. The van der Waals surface area contributed by atoms with Gasteiger partial charge in [-0.05, 0) is 63.7 Å². The predicted molar refractivity (Wildman–Crippen MR) is 109 cm³/mol. The Morgan fingerprint density at radius 3 is 2.55 bits per heavy atom. The van der Waals surface area contributed by atoms with Crippen molar-refractivity contribution in [3.8, 4) is 5.69 Å². The summed E-state index contributed by atoms with van der Waals surface area (Å²) in [7, 11) is 0. The van der Waals surface area contributed by atoms with Crippen LogP contribution < -0.4 is 5.32 Å². The van der Waals surface area contributed by atoms with Crippen LogP contribution in [0.5, 0.6) is 0 Å². The van der Waals surface area contributed by atoms with Gasteiger partial charge in [0, 0.05) is 5.69 Å². The number of aromatic nitrogens is 4. The Kier molecular flexibility index (Phi) is 5.16. The summed E-state index contributed by atoms with van der Waals surface area (Å²) in [6.07, 6.45) is 3.24. The minimum atomic E-state index is -0.882. The average Bonchev–Trinajstić information content (AvgIpc) is 3.34. The normalized spacial score (nSPS) is 14.8. The highest BCUT2D eigenvalue weighted by Gasteiger charge is 2.22. The molecule has 29 heavy (non-hydrogen) atoms. The van der Waals surface area contributed by atoms with Crippen LogP contribution in [0.15, 0.2) is 64.8 Å². The van der Waals surface area contributed by atoms with E-state index in [4.69, 9.17) is 5.11 Å². The highest BCUT2D eigenvalue weighted by atomic mass is 32.2. The molecule has 0 saturated carbocycles. The molecule has 0 radical (unpaired) electrons. The van der Waals surface area contributed by atoms with Crippen LogP contribution in [0.3, 0.4) is 0 Å². The summed E-state index contributed by atoms with van der Waals surface area (Å²) < 4.78 is 1.54. The monoisotopic (exact) mass is 406 g/mol. The number of carbonyl (C=O) groups excluding carboxylic acids is 1. The number of benzene rings is 2. The number of aliphatic carboxylic acids is 1. The van der Waals surface area contributed by atoms with E-state index in [9.17, 15) is 9.59 Å². The topological polar surface area (TPSA) is 122 Å². The molecule has 0 fully saturated rings. The van der Waals surface area contributed by atoms with Crippen LogP contribution in [-0.4, -0.2) is 42.4 Å². The number of thioether (sulfide) groups is 1. The molecular formula is C19H14N6O3S. The van der Waals surface area contributed by atoms with Crippen LogP contribution in [0.4, 0.5) is 5.69 Å². The maximum atomic E-state index is 12.2. The van der Waals surface area contributed by atoms with Gasteiger partial charge in [-0.1, -0.05) is 24.3 Å². The maximum Gasteiger partial charge on any atom is 0.307 e. The maximum absolute atomic E-state index is 12.2. The summed E-state index contributed by atoms with van der Waals surface area (Å²) >= 11 is 1.24. The molecule has 0 saturated heterocycles. The van der Waals surface area contributed by atoms with Crippen molar-refractivity contribution >= 4 is 40.6 Å². The van der Waals surface area contributed by atoms with Crippen LogP contribution >= 0.6 is 11.8 Å². The van der Waals surface area contributed by atoms with Crippen LogP contribution in [0, 0.1) is 0 Å². The number of hydrogen-bond acceptors (Lipinski definition) is 7. The van der Waals surface area contributed by atoms with E-state index >= 15 is 0 Å². The fraction of sp³-hybridized carbons (Fsp3) is 0.0526. The van der Waals surface area contributed by atoms with Crippen molar-refractivity contribution in [2.75, 3.05) is 5.32 Å². The first-order chi connectivity index (χ1) is 14.1. The zero-order chi connectivity index (χ0) is 20.2. The fourth-order valence-corrected chi connectivity index (χ4v) is 3.45. The van der Waals surface area contributed by atoms with E-state index in [1.165, 1.54) is 18.1 Å². The zero-order valence-electron chi connectivity index (χ0n) is 14.9. The number of tetrazole rings is 1. The Bertz CT molecular complexity index is 1110. The second-order valence-electron chi connectivity index (χ2n) is 6.07. The Morgan fingerprint density at radius 1 is 1.14 bits per heavy atom. The lowest BCUT2D eigenvalue weighted by atomic mass is 10.1. The number of nitrogens with zero attached hydrogens (tertiary/aromatic N) is 5. The molecular weight excluding hydrogens is 392 g/mol. The Balaban J connectivity index is 1.41. The number of carboxylic acids is 1. The van der Waals surface area contributed by atoms with E-state index in [0.29, 0.717) is 15.6 Å². The summed E-state index contributed by atoms with van der Waals surface area (Å²) in [4.78, 5) is 27.5. The summed E-state index contributed by atoms with van der Waals surface area (Å²) in [6, 6.07) is 14.4. The van der Waals surface area contributed by atoms with Crippen molar-refractivity contribution in [2.45, 2.75) is 6.42 Å². The van der Waals surface area contributed by atoms with Crippen LogP contribution in [-0.2, 0) is 16.0 Å². The van der Waals surface area contributed by atoms with Gasteiger partial charge in [-0.15, -0.1) is 5.10 Å². The number of carbonyl (C=O) groups is 2. The molecule has 9 nitrogen and oxygen atoms in total. The standard InChI is InChI=1S/C19H14N6O3S/c26-17(27)10-13-1-5-14(6-2-13)21-19-22-18(28)16(29-19)9-12-3-7-15(8-4-12)25-11-20-23-24-25/h1-9,11H,10H2,(H,26,27)(H,21,22,28)/b16-9-. The molecule has 0 atom stereocenters. The molecule has 0 unspecified atom stereocenters. The molecule has 0 bridgehead atoms. The van der Waals surface area contributed by atoms with E-state index in [1.54, 1.807) is 35.0 Å². The van der Waals surface area contributed by atoms with Crippen molar-refractivity contribution in [1.29, 1.82) is 0 Å². The van der Waals surface area contributed by atoms with Crippen LogP contribution in [0.25, 0.3) is 11.8 Å². The number of nitrogens with one attached hydrogen (secondary N) is 1. The van der Waals surface area contributed by atoms with Gasteiger partial charge in [-0.3, -0.25) is 9.59 Å². The molecule has 1 aromatic heterocycles. The Hall–Kier alpha value is -3.79. The highest BCUT2D eigenvalue weighted by molar-refractivity contribution is 8.18. The third kappa shape index (κ3) is 4.55. The molecule has 1 aliphatic heterocycles. The lowest BCUT2D eigenvalue weighted by molar-refractivity contribution is -0.136. The lowest BCUT2D eigenvalue weighted by Gasteiger charge is -2.05. The molecule has 3 aromatic rings. The molecule has 2 heterocycles. The van der Waals surface area contributed by atoms with E-state index in [-0.39, 0.29) is 12.3 Å². The summed E-state index contributed by atoms with van der Waals surface area (Å²) in [5, 5.41) is 23.4. The molecule has 2 aromatic carbocycles. The number of aliphatic imine (C=N–C) groups is 1. The molecule has 1 aliphatic rings. The number of carboxylic acid groups (broad SMARTS) is 1. The van der Waals surface area contributed by atoms with Crippen molar-refractivity contribution < 1.29 is 14.7 Å². The van der Waals surface area contributed by atoms with Crippen molar-refractivity contribution in [3.05, 3.63) is 70.9 Å². The van der Waals surface area contributed by atoms with Gasteiger partial charge in [-0.2, -0.15) is 4.99 Å².